The Bertz CT molecular complexity index is 975. The largest absolute Gasteiger partial charge is 0.458 e. The summed E-state index contributed by atoms with van der Waals surface area (Å²) in [6.45, 7) is 11.2. The maximum Gasteiger partial charge on any atom is 0.309 e. The predicted molar refractivity (Wildman–Crippen MR) is 139 cm³/mol. The molecule has 2 saturated heterocycles. The zero-order valence-electron chi connectivity index (χ0n) is 22.3. The van der Waals surface area contributed by atoms with E-state index in [4.69, 9.17) is 15.2 Å². The summed E-state index contributed by atoms with van der Waals surface area (Å²) in [7, 11) is 0. The Morgan fingerprint density at radius 2 is 1.97 bits per heavy atom. The molecule has 202 valence electrons. The molecule has 1 aromatic heterocycles. The van der Waals surface area contributed by atoms with Crippen molar-refractivity contribution < 1.29 is 29.3 Å². The highest BCUT2D eigenvalue weighted by Gasteiger charge is 2.53. The first-order chi connectivity index (χ1) is 16.8. The summed E-state index contributed by atoms with van der Waals surface area (Å²) in [5.41, 5.74) is 5.74. The molecule has 0 aliphatic carbocycles. The van der Waals surface area contributed by atoms with E-state index in [2.05, 4.69) is 11.9 Å². The Kier molecular flexibility index (Phi) is 9.15. The summed E-state index contributed by atoms with van der Waals surface area (Å²) >= 11 is 1.48. The minimum Gasteiger partial charge on any atom is -0.458 e. The second-order valence-electron chi connectivity index (χ2n) is 11.3. The number of hydrogen-bond donors (Lipinski definition) is 3. The highest BCUT2D eigenvalue weighted by Crippen LogP contribution is 2.45. The lowest BCUT2D eigenvalue weighted by Crippen LogP contribution is -2.45. The summed E-state index contributed by atoms with van der Waals surface area (Å²) in [6, 6.07) is 0. The Labute approximate surface area is 218 Å². The SMILES string of the molecule is C/C(=C\c1csc(CN)n1)[C@@H]1CC2O[C@]2(C)CCCC(C)[C@H](O)[C@@H](C)C(=O)C(C)(C)[C@@H](O)CC(=O)O1. The van der Waals surface area contributed by atoms with Gasteiger partial charge in [-0.05, 0) is 44.3 Å². The third-order valence-corrected chi connectivity index (χ3v) is 8.92. The molecule has 3 heterocycles. The molecular formula is C27H42N2O6S. The van der Waals surface area contributed by atoms with E-state index in [1.807, 2.05) is 25.3 Å². The van der Waals surface area contributed by atoms with Crippen LogP contribution >= 0.6 is 11.3 Å². The number of aliphatic hydroxyl groups is 2. The molecule has 2 aliphatic heterocycles. The van der Waals surface area contributed by atoms with E-state index >= 15 is 0 Å². The average Bonchev–Trinajstić information content (AvgIpc) is 3.23. The molecule has 9 heteroatoms. The number of fused-ring (bicyclic) bond motifs is 1. The van der Waals surface area contributed by atoms with Gasteiger partial charge in [0.2, 0.25) is 0 Å². The molecule has 0 saturated carbocycles. The molecule has 2 unspecified atom stereocenters. The van der Waals surface area contributed by atoms with Gasteiger partial charge in [0.25, 0.3) is 0 Å². The van der Waals surface area contributed by atoms with E-state index in [-0.39, 0.29) is 29.8 Å². The molecule has 4 N–H and O–H groups in total. The average molecular weight is 523 g/mol. The lowest BCUT2D eigenvalue weighted by molar-refractivity contribution is -0.154. The van der Waals surface area contributed by atoms with Gasteiger partial charge in [-0.1, -0.05) is 34.1 Å². The van der Waals surface area contributed by atoms with Crippen LogP contribution in [0.4, 0.5) is 0 Å². The molecule has 36 heavy (non-hydrogen) atoms. The topological polar surface area (TPSA) is 135 Å². The van der Waals surface area contributed by atoms with Crippen LogP contribution in [0.2, 0.25) is 0 Å². The Balaban J connectivity index is 1.85. The number of aliphatic hydroxyl groups excluding tert-OH is 2. The van der Waals surface area contributed by atoms with Crippen LogP contribution in [0.1, 0.15) is 84.3 Å². The van der Waals surface area contributed by atoms with E-state index in [1.165, 1.54) is 11.3 Å². The number of epoxide rings is 1. The van der Waals surface area contributed by atoms with Crippen molar-refractivity contribution in [1.29, 1.82) is 0 Å². The summed E-state index contributed by atoms with van der Waals surface area (Å²) in [4.78, 5) is 30.7. The maximum absolute atomic E-state index is 13.2. The third-order valence-electron chi connectivity index (χ3n) is 8.03. The minimum atomic E-state index is -1.24. The number of rotatable bonds is 3. The number of carbonyl (C=O) groups excluding carboxylic acids is 2. The molecule has 8 nitrogen and oxygen atoms in total. The molecule has 0 bridgehead atoms. The van der Waals surface area contributed by atoms with Crippen molar-refractivity contribution in [2.45, 2.75) is 110 Å². The predicted octanol–water partition coefficient (Wildman–Crippen LogP) is 3.63. The highest BCUT2D eigenvalue weighted by atomic mass is 32.1. The second-order valence-corrected chi connectivity index (χ2v) is 12.3. The first kappa shape index (κ1) is 28.9. The van der Waals surface area contributed by atoms with Crippen LogP contribution in [0.25, 0.3) is 6.08 Å². The van der Waals surface area contributed by atoms with Crippen LogP contribution in [0, 0.1) is 17.3 Å². The maximum atomic E-state index is 13.2. The van der Waals surface area contributed by atoms with Gasteiger partial charge < -0.3 is 25.4 Å². The fourth-order valence-corrected chi connectivity index (χ4v) is 5.74. The van der Waals surface area contributed by atoms with E-state index in [1.54, 1.807) is 20.8 Å². The van der Waals surface area contributed by atoms with E-state index in [0.717, 1.165) is 35.5 Å². The Morgan fingerprint density at radius 1 is 1.28 bits per heavy atom. The van der Waals surface area contributed by atoms with Gasteiger partial charge in [-0.3, -0.25) is 9.59 Å². The molecule has 0 aromatic carbocycles. The van der Waals surface area contributed by atoms with E-state index in [9.17, 15) is 19.8 Å². The first-order valence-corrected chi connectivity index (χ1v) is 13.8. The first-order valence-electron chi connectivity index (χ1n) is 12.9. The quantitative estimate of drug-likeness (QED) is 0.405. The number of nitrogens with two attached hydrogens (primary N) is 1. The Morgan fingerprint density at radius 3 is 2.61 bits per heavy atom. The normalized spacial score (nSPS) is 36.8. The monoisotopic (exact) mass is 522 g/mol. The van der Waals surface area contributed by atoms with Crippen LogP contribution in [0.3, 0.4) is 0 Å². The van der Waals surface area contributed by atoms with Gasteiger partial charge in [0, 0.05) is 24.3 Å². The smallest absolute Gasteiger partial charge is 0.309 e. The molecule has 7 atom stereocenters. The lowest BCUT2D eigenvalue weighted by atomic mass is 9.73. The number of thiazole rings is 1. The van der Waals surface area contributed by atoms with Crippen molar-refractivity contribution in [2.75, 3.05) is 0 Å². The van der Waals surface area contributed by atoms with Crippen LogP contribution in [-0.4, -0.2) is 57.0 Å². The molecule has 0 amide bonds. The van der Waals surface area contributed by atoms with Crippen molar-refractivity contribution >= 4 is 29.2 Å². The molecule has 3 rings (SSSR count). The summed E-state index contributed by atoms with van der Waals surface area (Å²) in [6.07, 6.45) is 1.80. The van der Waals surface area contributed by atoms with Crippen molar-refractivity contribution in [3.8, 4) is 0 Å². The number of hydrogen-bond acceptors (Lipinski definition) is 9. The summed E-state index contributed by atoms with van der Waals surface area (Å²) in [5, 5.41) is 24.5. The van der Waals surface area contributed by atoms with E-state index in [0.29, 0.717) is 13.0 Å². The van der Waals surface area contributed by atoms with Gasteiger partial charge in [-0.2, -0.15) is 0 Å². The van der Waals surface area contributed by atoms with Crippen molar-refractivity contribution in [2.24, 2.45) is 23.0 Å². The van der Waals surface area contributed by atoms with Gasteiger partial charge in [0.1, 0.15) is 16.9 Å². The molecule has 1 aromatic rings. The van der Waals surface area contributed by atoms with Crippen LogP contribution in [0.5, 0.6) is 0 Å². The molecule has 2 aliphatic rings. The zero-order valence-corrected chi connectivity index (χ0v) is 23.1. The molecule has 2 fully saturated rings. The number of ether oxygens (including phenoxy) is 2. The van der Waals surface area contributed by atoms with Crippen LogP contribution in [0.15, 0.2) is 11.0 Å². The fraction of sp³-hybridized carbons (Fsp3) is 0.741. The van der Waals surface area contributed by atoms with E-state index < -0.39 is 35.6 Å². The number of ketones is 1. The fourth-order valence-electron chi connectivity index (χ4n) is 5.11. The van der Waals surface area contributed by atoms with Gasteiger partial charge in [-0.15, -0.1) is 11.3 Å². The lowest BCUT2D eigenvalue weighted by Gasteiger charge is -2.34. The van der Waals surface area contributed by atoms with Crippen molar-refractivity contribution in [3.63, 3.8) is 0 Å². The minimum absolute atomic E-state index is 0.0660. The summed E-state index contributed by atoms with van der Waals surface area (Å²) < 4.78 is 11.9. The van der Waals surface area contributed by atoms with Crippen LogP contribution < -0.4 is 5.73 Å². The summed E-state index contributed by atoms with van der Waals surface area (Å²) in [5.74, 6) is -1.59. The Hall–Kier alpha value is -1.65. The zero-order chi connectivity index (χ0) is 26.8. The van der Waals surface area contributed by atoms with Crippen LogP contribution in [-0.2, 0) is 25.6 Å². The second kappa shape index (κ2) is 11.4. The molecular weight excluding hydrogens is 480 g/mol. The van der Waals surface area contributed by atoms with Gasteiger partial charge >= 0.3 is 5.97 Å². The van der Waals surface area contributed by atoms with Gasteiger partial charge in [-0.25, -0.2) is 4.98 Å². The van der Waals surface area contributed by atoms with Crippen molar-refractivity contribution in [3.05, 3.63) is 21.7 Å². The number of cyclic esters (lactones) is 1. The number of esters is 1. The number of nitrogens with zero attached hydrogens (tertiary/aromatic N) is 1. The third kappa shape index (κ3) is 6.61. The number of aromatic nitrogens is 1. The van der Waals surface area contributed by atoms with Gasteiger partial charge in [0.05, 0.1) is 41.4 Å². The highest BCUT2D eigenvalue weighted by molar-refractivity contribution is 7.09. The standard InChI is InChI=1S/C27H42N2O6S/c1-15-8-7-9-27(6)21(35-27)11-19(16(2)10-18-14-36-22(13-28)29-18)34-23(31)12-20(30)26(4,5)25(33)17(3)24(15)32/h10,14-15,17,19-21,24,30,32H,7-9,11-13,28H2,1-6H3/b16-10+/t15?,17-,19+,20+,21?,24+,27-/m1/s1. The molecule has 0 spiro atoms. The molecule has 0 radical (unpaired) electrons. The number of Topliss-reactive ketones (excluding diaryl/α,β-unsaturated/α-hetero) is 1. The number of carbonyl (C=O) groups is 2. The van der Waals surface area contributed by atoms with Gasteiger partial charge in [0.15, 0.2) is 0 Å². The van der Waals surface area contributed by atoms with Crippen molar-refractivity contribution in [1.82, 2.24) is 4.98 Å².